The summed E-state index contributed by atoms with van der Waals surface area (Å²) in [5.74, 6) is 0.864. The first-order valence-corrected chi connectivity index (χ1v) is 8.65. The van der Waals surface area contributed by atoms with Crippen molar-refractivity contribution in [3.05, 3.63) is 43.8 Å². The maximum atomic E-state index is 5.29. The van der Waals surface area contributed by atoms with E-state index in [-0.39, 0.29) is 0 Å². The maximum absolute atomic E-state index is 5.29. The molecule has 0 radical (unpaired) electrons. The lowest BCUT2D eigenvalue weighted by Gasteiger charge is -2.18. The largest absolute Gasteiger partial charge is 0.496 e. The molecular formula is C16H21BrN2OS. The number of hydrogen-bond acceptors (Lipinski definition) is 4. The Morgan fingerprint density at radius 2 is 2.14 bits per heavy atom. The molecular weight excluding hydrogens is 348 g/mol. The molecule has 0 aliphatic carbocycles. The molecule has 3 nitrogen and oxygen atoms in total. The lowest BCUT2D eigenvalue weighted by Crippen LogP contribution is -2.22. The highest BCUT2D eigenvalue weighted by atomic mass is 79.9. The predicted molar refractivity (Wildman–Crippen MR) is 92.4 cm³/mol. The number of methoxy groups -OCH3 is 1. The number of thiazole rings is 1. The monoisotopic (exact) mass is 368 g/mol. The molecule has 5 heteroatoms. The third kappa shape index (κ3) is 4.05. The summed E-state index contributed by atoms with van der Waals surface area (Å²) < 4.78 is 6.28. The van der Waals surface area contributed by atoms with Crippen molar-refractivity contribution >= 4 is 27.3 Å². The fourth-order valence-electron chi connectivity index (χ4n) is 2.45. The SMILES string of the molecule is CCNC(Cc1ccc(OC)c(Br)c1)c1sc(C)nc1C. The minimum atomic E-state index is 0.307. The molecule has 2 rings (SSSR count). The summed E-state index contributed by atoms with van der Waals surface area (Å²) in [5.41, 5.74) is 2.41. The summed E-state index contributed by atoms with van der Waals surface area (Å²) in [6.45, 7) is 7.24. The van der Waals surface area contributed by atoms with Crippen LogP contribution in [0.3, 0.4) is 0 Å². The van der Waals surface area contributed by atoms with Crippen molar-refractivity contribution in [2.24, 2.45) is 0 Å². The highest BCUT2D eigenvalue weighted by molar-refractivity contribution is 9.10. The number of hydrogen-bond donors (Lipinski definition) is 1. The summed E-state index contributed by atoms with van der Waals surface area (Å²) in [6, 6.07) is 6.57. The molecule has 114 valence electrons. The number of rotatable bonds is 6. The lowest BCUT2D eigenvalue weighted by atomic mass is 10.0. The van der Waals surface area contributed by atoms with Crippen molar-refractivity contribution in [3.63, 3.8) is 0 Å². The van der Waals surface area contributed by atoms with Crippen molar-refractivity contribution < 1.29 is 4.74 Å². The van der Waals surface area contributed by atoms with Gasteiger partial charge in [0.15, 0.2) is 0 Å². The van der Waals surface area contributed by atoms with Crippen LogP contribution in [0.4, 0.5) is 0 Å². The van der Waals surface area contributed by atoms with E-state index < -0.39 is 0 Å². The molecule has 0 fully saturated rings. The van der Waals surface area contributed by atoms with Gasteiger partial charge in [0.2, 0.25) is 0 Å². The zero-order valence-corrected chi connectivity index (χ0v) is 15.3. The fourth-order valence-corrected chi connectivity index (χ4v) is 4.04. The van der Waals surface area contributed by atoms with Crippen LogP contribution in [0.2, 0.25) is 0 Å². The summed E-state index contributed by atoms with van der Waals surface area (Å²) >= 11 is 5.34. The molecule has 0 aliphatic rings. The molecule has 0 saturated heterocycles. The molecule has 0 spiro atoms. The number of aromatic nitrogens is 1. The van der Waals surface area contributed by atoms with Crippen molar-refractivity contribution in [1.29, 1.82) is 0 Å². The van der Waals surface area contributed by atoms with E-state index in [1.54, 1.807) is 18.4 Å². The Bertz CT molecular complexity index is 612. The number of likely N-dealkylation sites (N-methyl/N-ethyl adjacent to an activating group) is 1. The first-order chi connectivity index (χ1) is 10.0. The standard InChI is InChI=1S/C16H21BrN2OS/c1-5-18-14(16-10(2)19-11(3)21-16)9-12-6-7-15(20-4)13(17)8-12/h6-8,14,18H,5,9H2,1-4H3. The van der Waals surface area contributed by atoms with Crippen molar-refractivity contribution in [2.45, 2.75) is 33.2 Å². The molecule has 1 atom stereocenters. The first kappa shape index (κ1) is 16.5. The molecule has 0 aliphatic heterocycles. The van der Waals surface area contributed by atoms with Crippen LogP contribution in [0.25, 0.3) is 0 Å². The molecule has 1 aromatic carbocycles. The Hall–Kier alpha value is -0.910. The number of nitrogens with one attached hydrogen (secondary N) is 1. The maximum Gasteiger partial charge on any atom is 0.133 e. The normalized spacial score (nSPS) is 12.4. The van der Waals surface area contributed by atoms with Crippen LogP contribution in [0.5, 0.6) is 5.75 Å². The highest BCUT2D eigenvalue weighted by Gasteiger charge is 2.17. The summed E-state index contributed by atoms with van der Waals surface area (Å²) in [5, 5.41) is 4.70. The topological polar surface area (TPSA) is 34.1 Å². The quantitative estimate of drug-likeness (QED) is 0.818. The van der Waals surface area contributed by atoms with E-state index >= 15 is 0 Å². The molecule has 21 heavy (non-hydrogen) atoms. The van der Waals surface area contributed by atoms with E-state index in [9.17, 15) is 0 Å². The number of halogens is 1. The van der Waals surface area contributed by atoms with Gasteiger partial charge >= 0.3 is 0 Å². The van der Waals surface area contributed by atoms with E-state index in [2.05, 4.69) is 59.1 Å². The molecule has 1 heterocycles. The van der Waals surface area contributed by atoms with E-state index in [4.69, 9.17) is 4.74 Å². The van der Waals surface area contributed by atoms with Gasteiger partial charge in [-0.05, 0) is 60.4 Å². The van der Waals surface area contributed by atoms with Gasteiger partial charge in [0.25, 0.3) is 0 Å². The Morgan fingerprint density at radius 3 is 2.67 bits per heavy atom. The minimum absolute atomic E-state index is 0.307. The van der Waals surface area contributed by atoms with Gasteiger partial charge in [-0.25, -0.2) is 4.98 Å². The number of nitrogens with zero attached hydrogens (tertiary/aromatic N) is 1. The van der Waals surface area contributed by atoms with E-state index in [0.717, 1.165) is 33.9 Å². The molecule has 0 saturated carbocycles. The zero-order valence-electron chi connectivity index (χ0n) is 12.9. The first-order valence-electron chi connectivity index (χ1n) is 7.04. The average molecular weight is 369 g/mol. The molecule has 0 bridgehead atoms. The van der Waals surface area contributed by atoms with Gasteiger partial charge in [0.1, 0.15) is 5.75 Å². The summed E-state index contributed by atoms with van der Waals surface area (Å²) in [6.07, 6.45) is 0.943. The Kier molecular flexibility index (Phi) is 5.79. The van der Waals surface area contributed by atoms with Crippen LogP contribution in [0, 0.1) is 13.8 Å². The van der Waals surface area contributed by atoms with Crippen molar-refractivity contribution in [2.75, 3.05) is 13.7 Å². The van der Waals surface area contributed by atoms with Crippen LogP contribution in [0.15, 0.2) is 22.7 Å². The van der Waals surface area contributed by atoms with Crippen LogP contribution >= 0.6 is 27.3 Å². The number of benzene rings is 1. The average Bonchev–Trinajstić information content (AvgIpc) is 2.77. The van der Waals surface area contributed by atoms with Crippen LogP contribution in [-0.2, 0) is 6.42 Å². The Morgan fingerprint density at radius 1 is 1.38 bits per heavy atom. The van der Waals surface area contributed by atoms with E-state index in [1.807, 2.05) is 6.07 Å². The van der Waals surface area contributed by atoms with Gasteiger partial charge in [-0.3, -0.25) is 0 Å². The van der Waals surface area contributed by atoms with Gasteiger partial charge in [-0.2, -0.15) is 0 Å². The molecule has 1 unspecified atom stereocenters. The van der Waals surface area contributed by atoms with Crippen LogP contribution < -0.4 is 10.1 Å². The van der Waals surface area contributed by atoms with Gasteiger partial charge in [-0.15, -0.1) is 11.3 Å². The Balaban J connectivity index is 2.24. The summed E-state index contributed by atoms with van der Waals surface area (Å²) in [4.78, 5) is 5.88. The van der Waals surface area contributed by atoms with Crippen LogP contribution in [0.1, 0.15) is 34.1 Å². The molecule has 1 aromatic heterocycles. The van der Waals surface area contributed by atoms with E-state index in [0.29, 0.717) is 6.04 Å². The highest BCUT2D eigenvalue weighted by Crippen LogP contribution is 2.30. The van der Waals surface area contributed by atoms with Crippen molar-refractivity contribution in [3.8, 4) is 5.75 Å². The van der Waals surface area contributed by atoms with Crippen LogP contribution in [-0.4, -0.2) is 18.6 Å². The van der Waals surface area contributed by atoms with Gasteiger partial charge < -0.3 is 10.1 Å². The molecule has 0 amide bonds. The minimum Gasteiger partial charge on any atom is -0.496 e. The fraction of sp³-hybridized carbons (Fsp3) is 0.438. The molecule has 2 aromatic rings. The zero-order chi connectivity index (χ0) is 15.4. The van der Waals surface area contributed by atoms with Gasteiger partial charge in [-0.1, -0.05) is 13.0 Å². The third-order valence-corrected chi connectivity index (χ3v) is 5.17. The number of aryl methyl sites for hydroxylation is 2. The second kappa shape index (κ2) is 7.38. The lowest BCUT2D eigenvalue weighted by molar-refractivity contribution is 0.412. The Labute approximate surface area is 138 Å². The molecule has 1 N–H and O–H groups in total. The summed E-state index contributed by atoms with van der Waals surface area (Å²) in [7, 11) is 1.69. The van der Waals surface area contributed by atoms with Gasteiger partial charge in [0.05, 0.1) is 22.3 Å². The predicted octanol–water partition coefficient (Wildman–Crippen LogP) is 4.42. The number of ether oxygens (including phenoxy) is 1. The van der Waals surface area contributed by atoms with Gasteiger partial charge in [0, 0.05) is 10.9 Å². The third-order valence-electron chi connectivity index (χ3n) is 3.36. The second-order valence-electron chi connectivity index (χ2n) is 4.97. The smallest absolute Gasteiger partial charge is 0.133 e. The van der Waals surface area contributed by atoms with Crippen molar-refractivity contribution in [1.82, 2.24) is 10.3 Å². The second-order valence-corrected chi connectivity index (χ2v) is 7.05. The van der Waals surface area contributed by atoms with E-state index in [1.165, 1.54) is 10.4 Å².